The third-order valence-corrected chi connectivity index (χ3v) is 3.13. The van der Waals surface area contributed by atoms with Gasteiger partial charge in [-0.1, -0.05) is 13.8 Å². The average molecular weight is 192 g/mol. The summed E-state index contributed by atoms with van der Waals surface area (Å²) in [5, 5.41) is 4.73. The number of hydrogen-bond acceptors (Lipinski definition) is 1. The predicted molar refractivity (Wildman–Crippen MR) is 58.6 cm³/mol. The molecule has 0 saturated carbocycles. The molecule has 0 N–H and O–H groups in total. The molecule has 1 aliphatic rings. The molecule has 1 aromatic rings. The van der Waals surface area contributed by atoms with Crippen LogP contribution in [0.3, 0.4) is 0 Å². The van der Waals surface area contributed by atoms with Crippen molar-refractivity contribution in [1.29, 1.82) is 0 Å². The first-order valence-corrected chi connectivity index (χ1v) is 5.82. The highest BCUT2D eigenvalue weighted by Crippen LogP contribution is 2.28. The fourth-order valence-electron chi connectivity index (χ4n) is 2.43. The summed E-state index contributed by atoms with van der Waals surface area (Å²) in [6.07, 6.45) is 5.18. The lowest BCUT2D eigenvalue weighted by atomic mass is 9.92. The van der Waals surface area contributed by atoms with Gasteiger partial charge in [-0.15, -0.1) is 0 Å². The van der Waals surface area contributed by atoms with E-state index in [-0.39, 0.29) is 0 Å². The van der Waals surface area contributed by atoms with Crippen molar-refractivity contribution < 1.29 is 0 Å². The molecule has 1 heterocycles. The standard InChI is InChI=1S/C12H20N2/c1-4-14-11-8-6-5-7-10(11)12(13-14)9(2)3/h9H,4-8H2,1-3H3. The van der Waals surface area contributed by atoms with Crippen LogP contribution >= 0.6 is 0 Å². The maximum absolute atomic E-state index is 4.73. The molecule has 0 atom stereocenters. The second-order valence-corrected chi connectivity index (χ2v) is 4.49. The zero-order valence-corrected chi connectivity index (χ0v) is 9.51. The Hall–Kier alpha value is -0.790. The molecular weight excluding hydrogens is 172 g/mol. The monoisotopic (exact) mass is 192 g/mol. The third-order valence-electron chi connectivity index (χ3n) is 3.13. The van der Waals surface area contributed by atoms with Gasteiger partial charge >= 0.3 is 0 Å². The number of rotatable bonds is 2. The van der Waals surface area contributed by atoms with E-state index in [4.69, 9.17) is 5.10 Å². The normalized spacial score (nSPS) is 16.0. The van der Waals surface area contributed by atoms with Crippen molar-refractivity contribution in [3.05, 3.63) is 17.0 Å². The summed E-state index contributed by atoms with van der Waals surface area (Å²) in [5.74, 6) is 0.578. The van der Waals surface area contributed by atoms with Gasteiger partial charge in [0.05, 0.1) is 5.69 Å². The van der Waals surface area contributed by atoms with Gasteiger partial charge in [0.25, 0.3) is 0 Å². The van der Waals surface area contributed by atoms with Crippen molar-refractivity contribution in [2.45, 2.75) is 58.9 Å². The molecule has 1 aliphatic carbocycles. The van der Waals surface area contributed by atoms with Crippen LogP contribution in [0.2, 0.25) is 0 Å². The van der Waals surface area contributed by atoms with Crippen molar-refractivity contribution in [1.82, 2.24) is 9.78 Å². The Morgan fingerprint density at radius 2 is 2.00 bits per heavy atom. The quantitative estimate of drug-likeness (QED) is 0.704. The minimum absolute atomic E-state index is 0.578. The summed E-state index contributed by atoms with van der Waals surface area (Å²) in [7, 11) is 0. The lowest BCUT2D eigenvalue weighted by Crippen LogP contribution is -2.08. The highest BCUT2D eigenvalue weighted by Gasteiger charge is 2.21. The molecule has 0 radical (unpaired) electrons. The Morgan fingerprint density at radius 3 is 2.64 bits per heavy atom. The van der Waals surface area contributed by atoms with E-state index in [2.05, 4.69) is 25.5 Å². The second kappa shape index (κ2) is 3.76. The van der Waals surface area contributed by atoms with Crippen molar-refractivity contribution in [3.63, 3.8) is 0 Å². The SMILES string of the molecule is CCn1nc(C(C)C)c2c1CCCC2. The first-order valence-electron chi connectivity index (χ1n) is 5.82. The second-order valence-electron chi connectivity index (χ2n) is 4.49. The first kappa shape index (κ1) is 9.75. The van der Waals surface area contributed by atoms with Crippen molar-refractivity contribution in [2.24, 2.45) is 0 Å². The molecule has 0 aliphatic heterocycles. The Bertz CT molecular complexity index is 323. The largest absolute Gasteiger partial charge is 0.269 e. The summed E-state index contributed by atoms with van der Waals surface area (Å²) in [4.78, 5) is 0. The number of aryl methyl sites for hydroxylation is 1. The predicted octanol–water partition coefficient (Wildman–Crippen LogP) is 2.91. The van der Waals surface area contributed by atoms with Crippen molar-refractivity contribution >= 4 is 0 Å². The number of fused-ring (bicyclic) bond motifs is 1. The first-order chi connectivity index (χ1) is 6.74. The molecule has 0 fully saturated rings. The van der Waals surface area contributed by atoms with Crippen molar-refractivity contribution in [3.8, 4) is 0 Å². The molecule has 0 unspecified atom stereocenters. The zero-order chi connectivity index (χ0) is 10.1. The molecule has 0 spiro atoms. The van der Waals surface area contributed by atoms with E-state index in [9.17, 15) is 0 Å². The van der Waals surface area contributed by atoms with E-state index in [0.29, 0.717) is 5.92 Å². The van der Waals surface area contributed by atoms with Crippen LogP contribution in [0, 0.1) is 0 Å². The summed E-state index contributed by atoms with van der Waals surface area (Å²) in [6.45, 7) is 7.70. The number of nitrogens with zero attached hydrogens (tertiary/aromatic N) is 2. The molecule has 0 amide bonds. The lowest BCUT2D eigenvalue weighted by Gasteiger charge is -2.14. The van der Waals surface area contributed by atoms with Crippen LogP contribution < -0.4 is 0 Å². The van der Waals surface area contributed by atoms with Gasteiger partial charge < -0.3 is 0 Å². The molecule has 2 heteroatoms. The van der Waals surface area contributed by atoms with Gasteiger partial charge in [-0.25, -0.2) is 0 Å². The van der Waals surface area contributed by atoms with E-state index in [1.165, 1.54) is 37.1 Å². The Kier molecular flexibility index (Phi) is 2.62. The average Bonchev–Trinajstić information content (AvgIpc) is 2.56. The van der Waals surface area contributed by atoms with E-state index >= 15 is 0 Å². The molecule has 2 rings (SSSR count). The molecule has 0 saturated heterocycles. The van der Waals surface area contributed by atoms with Crippen LogP contribution in [-0.4, -0.2) is 9.78 Å². The summed E-state index contributed by atoms with van der Waals surface area (Å²) in [6, 6.07) is 0. The molecule has 14 heavy (non-hydrogen) atoms. The van der Waals surface area contributed by atoms with Crippen molar-refractivity contribution in [2.75, 3.05) is 0 Å². The van der Waals surface area contributed by atoms with E-state index in [1.807, 2.05) is 0 Å². The maximum atomic E-state index is 4.73. The summed E-state index contributed by atoms with van der Waals surface area (Å²) >= 11 is 0. The van der Waals surface area contributed by atoms with Gasteiger partial charge in [0.15, 0.2) is 0 Å². The minimum atomic E-state index is 0.578. The minimum Gasteiger partial charge on any atom is -0.269 e. The van der Waals surface area contributed by atoms with Crippen LogP contribution in [0.1, 0.15) is 56.5 Å². The third kappa shape index (κ3) is 1.47. The lowest BCUT2D eigenvalue weighted by molar-refractivity contribution is 0.578. The highest BCUT2D eigenvalue weighted by atomic mass is 15.3. The van der Waals surface area contributed by atoms with Gasteiger partial charge in [-0.05, 0) is 44.1 Å². The van der Waals surface area contributed by atoms with Gasteiger partial charge in [0.1, 0.15) is 0 Å². The number of hydrogen-bond donors (Lipinski definition) is 0. The van der Waals surface area contributed by atoms with Crippen LogP contribution in [0.4, 0.5) is 0 Å². The Morgan fingerprint density at radius 1 is 1.29 bits per heavy atom. The van der Waals surface area contributed by atoms with E-state index < -0.39 is 0 Å². The molecule has 78 valence electrons. The molecule has 0 bridgehead atoms. The fraction of sp³-hybridized carbons (Fsp3) is 0.750. The Balaban J connectivity index is 2.46. The topological polar surface area (TPSA) is 17.8 Å². The summed E-state index contributed by atoms with van der Waals surface area (Å²) < 4.78 is 2.21. The highest BCUT2D eigenvalue weighted by molar-refractivity contribution is 5.30. The van der Waals surface area contributed by atoms with Crippen LogP contribution in [0.25, 0.3) is 0 Å². The van der Waals surface area contributed by atoms with Gasteiger partial charge in [-0.3, -0.25) is 4.68 Å². The zero-order valence-electron chi connectivity index (χ0n) is 9.51. The molecule has 2 nitrogen and oxygen atoms in total. The van der Waals surface area contributed by atoms with Crippen LogP contribution in [0.15, 0.2) is 0 Å². The molecular formula is C12H20N2. The number of aromatic nitrogens is 2. The summed E-state index contributed by atoms with van der Waals surface area (Å²) in [5.41, 5.74) is 4.43. The van der Waals surface area contributed by atoms with Gasteiger partial charge in [0, 0.05) is 12.2 Å². The van der Waals surface area contributed by atoms with E-state index in [1.54, 1.807) is 5.56 Å². The van der Waals surface area contributed by atoms with Crippen LogP contribution in [-0.2, 0) is 19.4 Å². The Labute approximate surface area is 86.3 Å². The van der Waals surface area contributed by atoms with E-state index in [0.717, 1.165) is 6.54 Å². The smallest absolute Gasteiger partial charge is 0.0684 e. The van der Waals surface area contributed by atoms with Gasteiger partial charge in [0.2, 0.25) is 0 Å². The van der Waals surface area contributed by atoms with Crippen LogP contribution in [0.5, 0.6) is 0 Å². The molecule has 1 aromatic heterocycles. The maximum Gasteiger partial charge on any atom is 0.0684 e. The fourth-order valence-corrected chi connectivity index (χ4v) is 2.43. The molecule has 0 aromatic carbocycles. The van der Waals surface area contributed by atoms with Gasteiger partial charge in [-0.2, -0.15) is 5.10 Å².